The Morgan fingerprint density at radius 3 is 2.44 bits per heavy atom. The van der Waals surface area contributed by atoms with Crippen molar-refractivity contribution in [1.82, 2.24) is 10.6 Å². The lowest BCUT2D eigenvalue weighted by Crippen LogP contribution is -2.40. The van der Waals surface area contributed by atoms with Crippen LogP contribution in [0.1, 0.15) is 44.2 Å². The molecule has 1 unspecified atom stereocenters. The zero-order valence-electron chi connectivity index (χ0n) is 15.6. The lowest BCUT2D eigenvalue weighted by Gasteiger charge is -2.18. The molecule has 0 fully saturated rings. The van der Waals surface area contributed by atoms with Gasteiger partial charge in [0.25, 0.3) is 0 Å². The van der Waals surface area contributed by atoms with Gasteiger partial charge in [-0.25, -0.2) is 9.38 Å². The van der Waals surface area contributed by atoms with E-state index in [1.54, 1.807) is 0 Å². The van der Waals surface area contributed by atoms with Crippen molar-refractivity contribution in [1.29, 1.82) is 0 Å². The second-order valence-electron chi connectivity index (χ2n) is 6.04. The van der Waals surface area contributed by atoms with Crippen LogP contribution in [0.5, 0.6) is 0 Å². The van der Waals surface area contributed by atoms with Crippen LogP contribution in [0, 0.1) is 11.7 Å². The molecule has 0 saturated heterocycles. The minimum Gasteiger partial charge on any atom is -0.396 e. The molecular formula is C18H28F4IN3O. The van der Waals surface area contributed by atoms with E-state index >= 15 is 0 Å². The van der Waals surface area contributed by atoms with Crippen molar-refractivity contribution >= 4 is 29.9 Å². The lowest BCUT2D eigenvalue weighted by atomic mass is 10.0. The van der Waals surface area contributed by atoms with Gasteiger partial charge in [0.2, 0.25) is 0 Å². The summed E-state index contributed by atoms with van der Waals surface area (Å²) in [4.78, 5) is 4.19. The van der Waals surface area contributed by atoms with Gasteiger partial charge in [0.15, 0.2) is 5.96 Å². The number of hydrogen-bond acceptors (Lipinski definition) is 2. The third kappa shape index (κ3) is 9.59. The van der Waals surface area contributed by atoms with Crippen molar-refractivity contribution < 1.29 is 22.7 Å². The largest absolute Gasteiger partial charge is 0.416 e. The van der Waals surface area contributed by atoms with E-state index in [9.17, 15) is 17.6 Å². The highest BCUT2D eigenvalue weighted by molar-refractivity contribution is 14.0. The average Bonchev–Trinajstić information content (AvgIpc) is 2.57. The predicted octanol–water partition coefficient (Wildman–Crippen LogP) is 4.32. The number of nitrogens with one attached hydrogen (secondary N) is 2. The van der Waals surface area contributed by atoms with Crippen LogP contribution in [0.25, 0.3) is 0 Å². The molecule has 0 aromatic heterocycles. The Kier molecular flexibility index (Phi) is 12.6. The van der Waals surface area contributed by atoms with Crippen LogP contribution in [0.4, 0.5) is 17.6 Å². The molecule has 1 atom stereocenters. The van der Waals surface area contributed by atoms with Crippen molar-refractivity contribution in [3.05, 3.63) is 35.1 Å². The van der Waals surface area contributed by atoms with Gasteiger partial charge >= 0.3 is 6.18 Å². The minimum atomic E-state index is -4.63. The number of hydrogen-bond donors (Lipinski definition) is 3. The average molecular weight is 505 g/mol. The molecular weight excluding hydrogens is 477 g/mol. The Hall–Kier alpha value is -1.10. The van der Waals surface area contributed by atoms with Crippen molar-refractivity contribution in [3.8, 4) is 0 Å². The number of guanidine groups is 1. The highest BCUT2D eigenvalue weighted by Crippen LogP contribution is 2.32. The fourth-order valence-corrected chi connectivity index (χ4v) is 2.64. The number of nitrogens with zero attached hydrogens (tertiary/aromatic N) is 1. The topological polar surface area (TPSA) is 56.6 Å². The van der Waals surface area contributed by atoms with E-state index in [1.807, 2.05) is 6.92 Å². The molecule has 0 aliphatic carbocycles. The zero-order valence-corrected chi connectivity index (χ0v) is 17.9. The second kappa shape index (κ2) is 13.1. The maximum absolute atomic E-state index is 13.2. The van der Waals surface area contributed by atoms with Gasteiger partial charge in [-0.15, -0.1) is 24.0 Å². The maximum Gasteiger partial charge on any atom is 0.416 e. The molecule has 3 N–H and O–H groups in total. The van der Waals surface area contributed by atoms with Crippen LogP contribution in [0.2, 0.25) is 0 Å². The van der Waals surface area contributed by atoms with E-state index < -0.39 is 17.6 Å². The fourth-order valence-electron chi connectivity index (χ4n) is 2.64. The van der Waals surface area contributed by atoms with E-state index in [0.717, 1.165) is 25.0 Å². The number of alkyl halides is 3. The first-order valence-corrected chi connectivity index (χ1v) is 8.80. The standard InChI is InChI=1S/C18H27F4N3O.HI/c1-3-5-13(8-9-26)11-24-17(23-4-2)25-12-14-6-7-15(19)10-16(14)18(20,21)22;/h6-7,10,13,26H,3-5,8-9,11-12H2,1-2H3,(H2,23,24,25);1H. The molecule has 4 nitrogen and oxygen atoms in total. The SMILES string of the molecule is CCCC(CCO)CNC(=NCc1ccc(F)cc1C(F)(F)F)NCC.I. The summed E-state index contributed by atoms with van der Waals surface area (Å²) >= 11 is 0. The number of aliphatic hydroxyl groups excluding tert-OH is 1. The Morgan fingerprint density at radius 1 is 1.19 bits per heavy atom. The minimum absolute atomic E-state index is 0. The van der Waals surface area contributed by atoms with Gasteiger partial charge in [-0.1, -0.05) is 19.4 Å². The third-order valence-electron chi connectivity index (χ3n) is 3.92. The number of aliphatic hydroxyl groups is 1. The summed E-state index contributed by atoms with van der Waals surface area (Å²) in [5, 5.41) is 15.2. The molecule has 9 heteroatoms. The lowest BCUT2D eigenvalue weighted by molar-refractivity contribution is -0.138. The number of aliphatic imine (C=N–C) groups is 1. The molecule has 1 aromatic carbocycles. The van der Waals surface area contributed by atoms with Gasteiger partial charge in [0.1, 0.15) is 5.82 Å². The van der Waals surface area contributed by atoms with Crippen molar-refractivity contribution in [2.24, 2.45) is 10.9 Å². The zero-order chi connectivity index (χ0) is 19.6. The highest BCUT2D eigenvalue weighted by Gasteiger charge is 2.33. The summed E-state index contributed by atoms with van der Waals surface area (Å²) < 4.78 is 52.3. The normalized spacial score (nSPS) is 13.1. The molecule has 0 saturated carbocycles. The predicted molar refractivity (Wildman–Crippen MR) is 110 cm³/mol. The molecule has 0 radical (unpaired) electrons. The summed E-state index contributed by atoms with van der Waals surface area (Å²) in [6.45, 7) is 4.90. The number of rotatable bonds is 9. The quantitative estimate of drug-likeness (QED) is 0.203. The molecule has 1 aromatic rings. The molecule has 156 valence electrons. The van der Waals surface area contributed by atoms with Crippen LogP contribution >= 0.6 is 24.0 Å². The first kappa shape index (κ1) is 25.9. The van der Waals surface area contributed by atoms with Crippen LogP contribution in [0.15, 0.2) is 23.2 Å². The van der Waals surface area contributed by atoms with E-state index in [2.05, 4.69) is 22.5 Å². The molecule has 0 bridgehead atoms. The van der Waals surface area contributed by atoms with E-state index in [0.29, 0.717) is 31.5 Å². The Bertz CT molecular complexity index is 576. The fraction of sp³-hybridized carbons (Fsp3) is 0.611. The first-order valence-electron chi connectivity index (χ1n) is 8.80. The molecule has 0 aliphatic heterocycles. The van der Waals surface area contributed by atoms with Gasteiger partial charge in [0, 0.05) is 19.7 Å². The van der Waals surface area contributed by atoms with Crippen molar-refractivity contribution in [2.75, 3.05) is 19.7 Å². The van der Waals surface area contributed by atoms with E-state index in [1.165, 1.54) is 0 Å². The van der Waals surface area contributed by atoms with Crippen LogP contribution in [0.3, 0.4) is 0 Å². The van der Waals surface area contributed by atoms with Crippen LogP contribution < -0.4 is 10.6 Å². The molecule has 27 heavy (non-hydrogen) atoms. The summed E-state index contributed by atoms with van der Waals surface area (Å²) in [6, 6.07) is 2.60. The van der Waals surface area contributed by atoms with Crippen molar-refractivity contribution in [2.45, 2.75) is 45.8 Å². The van der Waals surface area contributed by atoms with Crippen LogP contribution in [-0.2, 0) is 12.7 Å². The summed E-state index contributed by atoms with van der Waals surface area (Å²) in [6.07, 6.45) is -2.07. The molecule has 0 spiro atoms. The summed E-state index contributed by atoms with van der Waals surface area (Å²) in [7, 11) is 0. The van der Waals surface area contributed by atoms with Crippen LogP contribution in [-0.4, -0.2) is 30.8 Å². The molecule has 0 aliphatic rings. The van der Waals surface area contributed by atoms with Gasteiger partial charge in [0.05, 0.1) is 12.1 Å². The maximum atomic E-state index is 13.2. The smallest absolute Gasteiger partial charge is 0.396 e. The second-order valence-corrected chi connectivity index (χ2v) is 6.04. The Morgan fingerprint density at radius 2 is 1.89 bits per heavy atom. The van der Waals surface area contributed by atoms with Gasteiger partial charge in [-0.2, -0.15) is 13.2 Å². The third-order valence-corrected chi connectivity index (χ3v) is 3.92. The van der Waals surface area contributed by atoms with Gasteiger partial charge in [-0.3, -0.25) is 0 Å². The summed E-state index contributed by atoms with van der Waals surface area (Å²) in [5.74, 6) is -0.282. The van der Waals surface area contributed by atoms with Gasteiger partial charge in [-0.05, 0) is 43.4 Å². The monoisotopic (exact) mass is 505 g/mol. The van der Waals surface area contributed by atoms with E-state index in [-0.39, 0.29) is 48.6 Å². The van der Waals surface area contributed by atoms with E-state index in [4.69, 9.17) is 5.11 Å². The van der Waals surface area contributed by atoms with Gasteiger partial charge < -0.3 is 15.7 Å². The molecule has 0 amide bonds. The Labute approximate surface area is 174 Å². The highest BCUT2D eigenvalue weighted by atomic mass is 127. The molecule has 1 rings (SSSR count). The van der Waals surface area contributed by atoms with Crippen molar-refractivity contribution in [3.63, 3.8) is 0 Å². The summed E-state index contributed by atoms with van der Waals surface area (Å²) in [5.41, 5.74) is -1.10. The number of benzene rings is 1. The first-order chi connectivity index (χ1) is 12.3. The number of halogens is 5. The Balaban J connectivity index is 0.00000676. The molecule has 0 heterocycles.